The Morgan fingerprint density at radius 2 is 1.85 bits per heavy atom. The maximum absolute atomic E-state index is 14.3. The van der Waals surface area contributed by atoms with Crippen molar-refractivity contribution in [2.45, 2.75) is 30.6 Å². The molecule has 3 rings (SSSR count). The summed E-state index contributed by atoms with van der Waals surface area (Å²) in [5.41, 5.74) is 0.311. The fraction of sp³-hybridized carbons (Fsp3) is 0.350. The van der Waals surface area contributed by atoms with Crippen molar-refractivity contribution < 1.29 is 12.8 Å². The maximum atomic E-state index is 14.3. The molecule has 0 bridgehead atoms. The van der Waals surface area contributed by atoms with E-state index < -0.39 is 21.3 Å². The lowest BCUT2D eigenvalue weighted by Crippen LogP contribution is -2.50. The van der Waals surface area contributed by atoms with Gasteiger partial charge in [-0.25, -0.2) is 12.8 Å². The highest BCUT2D eigenvalue weighted by Gasteiger charge is 2.46. The third kappa shape index (κ3) is 3.02. The molecule has 0 aromatic heterocycles. The number of aryl methyl sites for hydroxylation is 1. The Morgan fingerprint density at radius 3 is 2.42 bits per heavy atom. The number of hydrogen-bond donors (Lipinski definition) is 0. The van der Waals surface area contributed by atoms with Gasteiger partial charge < -0.3 is 0 Å². The first-order valence-corrected chi connectivity index (χ1v) is 9.98. The average molecular weight is 372 g/mol. The lowest BCUT2D eigenvalue weighted by atomic mass is 9.68. The molecule has 136 valence electrons. The second-order valence-corrected chi connectivity index (χ2v) is 8.83. The van der Waals surface area contributed by atoms with Crippen LogP contribution in [0, 0.1) is 30.0 Å². The molecule has 0 N–H and O–H groups in total. The summed E-state index contributed by atoms with van der Waals surface area (Å²) in [5, 5.41) is 9.84. The molecule has 1 heterocycles. The first-order valence-electron chi connectivity index (χ1n) is 8.54. The highest BCUT2D eigenvalue weighted by atomic mass is 32.2. The average Bonchev–Trinajstić information content (AvgIpc) is 2.63. The van der Waals surface area contributed by atoms with E-state index in [-0.39, 0.29) is 30.3 Å². The zero-order valence-electron chi connectivity index (χ0n) is 14.8. The zero-order chi connectivity index (χ0) is 18.9. The van der Waals surface area contributed by atoms with Gasteiger partial charge in [-0.15, -0.1) is 0 Å². The van der Waals surface area contributed by atoms with Crippen molar-refractivity contribution in [3.05, 3.63) is 65.5 Å². The number of benzene rings is 2. The summed E-state index contributed by atoms with van der Waals surface area (Å²) in [6.07, 6.45) is 0.261. The van der Waals surface area contributed by atoms with Gasteiger partial charge >= 0.3 is 0 Å². The molecule has 2 atom stereocenters. The first kappa shape index (κ1) is 18.6. The van der Waals surface area contributed by atoms with Crippen LogP contribution in [0.15, 0.2) is 53.4 Å². The first-order chi connectivity index (χ1) is 12.3. The molecule has 2 unspecified atom stereocenters. The quantitative estimate of drug-likeness (QED) is 0.827. The van der Waals surface area contributed by atoms with Crippen molar-refractivity contribution in [1.82, 2.24) is 4.31 Å². The molecule has 1 aliphatic rings. The van der Waals surface area contributed by atoms with Crippen LogP contribution in [0.25, 0.3) is 0 Å². The number of halogens is 1. The topological polar surface area (TPSA) is 61.2 Å². The Morgan fingerprint density at radius 1 is 1.19 bits per heavy atom. The number of hydrogen-bond acceptors (Lipinski definition) is 3. The van der Waals surface area contributed by atoms with E-state index in [4.69, 9.17) is 0 Å². The molecular weight excluding hydrogens is 351 g/mol. The van der Waals surface area contributed by atoms with Gasteiger partial charge in [-0.3, -0.25) is 0 Å². The minimum absolute atomic E-state index is 0.179. The van der Waals surface area contributed by atoms with E-state index >= 15 is 0 Å². The Kier molecular flexibility index (Phi) is 4.87. The van der Waals surface area contributed by atoms with Crippen LogP contribution in [0.2, 0.25) is 0 Å². The molecule has 0 spiro atoms. The summed E-state index contributed by atoms with van der Waals surface area (Å²) >= 11 is 0. The van der Waals surface area contributed by atoms with Crippen molar-refractivity contribution in [1.29, 1.82) is 5.26 Å². The molecule has 2 aromatic carbocycles. The standard InChI is InChI=1S/C20H21FN2O2S/c1-15-7-9-17(10-8-15)26(24,25)23-12-11-20(14-22,16(2)13-23)18-5-3-4-6-19(18)21/h3-10,16H,11-13H2,1-2H3. The molecule has 0 aliphatic carbocycles. The smallest absolute Gasteiger partial charge is 0.207 e. The van der Waals surface area contributed by atoms with Crippen LogP contribution in [0.3, 0.4) is 0 Å². The fourth-order valence-corrected chi connectivity index (χ4v) is 5.16. The van der Waals surface area contributed by atoms with Gasteiger partial charge in [-0.1, -0.05) is 42.8 Å². The minimum atomic E-state index is -3.63. The fourth-order valence-electron chi connectivity index (χ4n) is 3.63. The van der Waals surface area contributed by atoms with Crippen LogP contribution < -0.4 is 0 Å². The molecule has 1 fully saturated rings. The molecule has 0 amide bonds. The third-order valence-corrected chi connectivity index (χ3v) is 7.17. The van der Waals surface area contributed by atoms with Crippen molar-refractivity contribution >= 4 is 10.0 Å². The SMILES string of the molecule is Cc1ccc(S(=O)(=O)N2CCC(C#N)(c3ccccc3F)C(C)C2)cc1. The Bertz CT molecular complexity index is 951. The van der Waals surface area contributed by atoms with Gasteiger partial charge in [0, 0.05) is 18.7 Å². The summed E-state index contributed by atoms with van der Waals surface area (Å²) in [6.45, 7) is 4.07. The third-order valence-electron chi connectivity index (χ3n) is 5.29. The zero-order valence-corrected chi connectivity index (χ0v) is 15.6. The molecular formula is C20H21FN2O2S. The Labute approximate surface area is 153 Å². The number of sulfonamides is 1. The van der Waals surface area contributed by atoms with E-state index in [9.17, 15) is 18.1 Å². The van der Waals surface area contributed by atoms with E-state index in [1.54, 1.807) is 42.5 Å². The minimum Gasteiger partial charge on any atom is -0.207 e. The van der Waals surface area contributed by atoms with Crippen molar-refractivity contribution in [2.75, 3.05) is 13.1 Å². The highest BCUT2D eigenvalue weighted by Crippen LogP contribution is 2.41. The second kappa shape index (κ2) is 6.82. The van der Waals surface area contributed by atoms with E-state index in [2.05, 4.69) is 6.07 Å². The van der Waals surface area contributed by atoms with Gasteiger partial charge in [0.05, 0.1) is 16.4 Å². The van der Waals surface area contributed by atoms with Gasteiger partial charge in [-0.2, -0.15) is 9.57 Å². The lowest BCUT2D eigenvalue weighted by Gasteiger charge is -2.42. The second-order valence-electron chi connectivity index (χ2n) is 6.89. The summed E-state index contributed by atoms with van der Waals surface area (Å²) in [5.74, 6) is -0.755. The van der Waals surface area contributed by atoms with Crippen LogP contribution in [-0.2, 0) is 15.4 Å². The number of nitrogens with zero attached hydrogens (tertiary/aromatic N) is 2. The summed E-state index contributed by atoms with van der Waals surface area (Å²) in [4.78, 5) is 0.241. The molecule has 0 radical (unpaired) electrons. The normalized spacial score (nSPS) is 24.2. The van der Waals surface area contributed by atoms with Gasteiger partial charge in [0.2, 0.25) is 10.0 Å². The molecule has 4 nitrogen and oxygen atoms in total. The number of nitriles is 1. The summed E-state index contributed by atoms with van der Waals surface area (Å²) < 4.78 is 41.6. The highest BCUT2D eigenvalue weighted by molar-refractivity contribution is 7.89. The van der Waals surface area contributed by atoms with Gasteiger partial charge in [0.15, 0.2) is 0 Å². The van der Waals surface area contributed by atoms with Crippen LogP contribution in [0.4, 0.5) is 4.39 Å². The lowest BCUT2D eigenvalue weighted by molar-refractivity contribution is 0.197. The largest absolute Gasteiger partial charge is 0.243 e. The molecule has 1 saturated heterocycles. The molecule has 6 heteroatoms. The summed E-state index contributed by atoms with van der Waals surface area (Å²) in [7, 11) is -3.63. The molecule has 0 saturated carbocycles. The Balaban J connectivity index is 1.92. The van der Waals surface area contributed by atoms with Crippen LogP contribution in [0.1, 0.15) is 24.5 Å². The van der Waals surface area contributed by atoms with Gasteiger partial charge in [0.1, 0.15) is 5.82 Å². The van der Waals surface area contributed by atoms with Crippen molar-refractivity contribution in [3.63, 3.8) is 0 Å². The van der Waals surface area contributed by atoms with Crippen LogP contribution in [0.5, 0.6) is 0 Å². The number of rotatable bonds is 3. The maximum Gasteiger partial charge on any atom is 0.243 e. The summed E-state index contributed by atoms with van der Waals surface area (Å²) in [6, 6.07) is 15.3. The monoisotopic (exact) mass is 372 g/mol. The van der Waals surface area contributed by atoms with E-state index in [1.807, 2.05) is 13.8 Å². The predicted molar refractivity (Wildman–Crippen MR) is 97.4 cm³/mol. The molecule has 1 aliphatic heterocycles. The van der Waals surface area contributed by atoms with Crippen molar-refractivity contribution in [2.24, 2.45) is 5.92 Å². The molecule has 26 heavy (non-hydrogen) atoms. The van der Waals surface area contributed by atoms with E-state index in [0.717, 1.165) is 5.56 Å². The van der Waals surface area contributed by atoms with Crippen LogP contribution in [-0.4, -0.2) is 25.8 Å². The van der Waals surface area contributed by atoms with Gasteiger partial charge in [-0.05, 0) is 37.5 Å². The van der Waals surface area contributed by atoms with E-state index in [1.165, 1.54) is 10.4 Å². The van der Waals surface area contributed by atoms with Crippen LogP contribution >= 0.6 is 0 Å². The van der Waals surface area contributed by atoms with E-state index in [0.29, 0.717) is 5.56 Å². The van der Waals surface area contributed by atoms with Gasteiger partial charge in [0.25, 0.3) is 0 Å². The predicted octanol–water partition coefficient (Wildman–Crippen LogP) is 3.63. The number of piperidine rings is 1. The molecule has 2 aromatic rings. The Hall–Kier alpha value is -2.23. The van der Waals surface area contributed by atoms with Crippen molar-refractivity contribution in [3.8, 4) is 6.07 Å².